The molecule has 0 saturated carbocycles. The normalized spacial score (nSPS) is 12.7. The summed E-state index contributed by atoms with van der Waals surface area (Å²) in [5.41, 5.74) is 9.81. The first-order chi connectivity index (χ1) is 16.9. The van der Waals surface area contributed by atoms with Gasteiger partial charge in [0, 0.05) is 20.2 Å². The van der Waals surface area contributed by atoms with E-state index in [1.54, 1.807) is 0 Å². The second-order valence-corrected chi connectivity index (χ2v) is 13.6. The molecule has 0 aliphatic carbocycles. The molecule has 0 radical (unpaired) electrons. The van der Waals surface area contributed by atoms with Gasteiger partial charge >= 0.3 is 0 Å². The van der Waals surface area contributed by atoms with Crippen LogP contribution in [0.1, 0.15) is 78.0 Å². The number of fused-ring (bicyclic) bond motifs is 3. The number of rotatable bonds is 3. The topological polar surface area (TPSA) is 0 Å². The number of hydrogen-bond acceptors (Lipinski definition) is 1. The molecule has 36 heavy (non-hydrogen) atoms. The summed E-state index contributed by atoms with van der Waals surface area (Å²) in [5, 5.41) is 2.74. The fraction of sp³-hybridized carbons (Fsp3) is 0.314. The molecule has 0 spiro atoms. The van der Waals surface area contributed by atoms with Gasteiger partial charge < -0.3 is 0 Å². The molecule has 0 aliphatic heterocycles. The van der Waals surface area contributed by atoms with Crippen molar-refractivity contribution in [2.45, 2.75) is 72.1 Å². The van der Waals surface area contributed by atoms with Crippen LogP contribution in [0.25, 0.3) is 42.4 Å². The molecule has 0 N–H and O–H groups in total. The second-order valence-electron chi connectivity index (χ2n) is 12.5. The van der Waals surface area contributed by atoms with Gasteiger partial charge in [-0.2, -0.15) is 0 Å². The third-order valence-corrected chi connectivity index (χ3v) is 8.49. The van der Waals surface area contributed by atoms with Crippen LogP contribution in [0.5, 0.6) is 0 Å². The first-order valence-corrected chi connectivity index (χ1v) is 14.0. The minimum Gasteiger partial charge on any atom is -0.135 e. The summed E-state index contributed by atoms with van der Waals surface area (Å²) < 4.78 is 2.72. The van der Waals surface area contributed by atoms with E-state index in [-0.39, 0.29) is 10.8 Å². The van der Waals surface area contributed by atoms with E-state index >= 15 is 0 Å². The van der Waals surface area contributed by atoms with Crippen molar-refractivity contribution in [2.75, 3.05) is 0 Å². The molecular formula is C35H38S. The zero-order valence-electron chi connectivity index (χ0n) is 23.0. The molecule has 1 aromatic heterocycles. The van der Waals surface area contributed by atoms with Crippen LogP contribution in [0.15, 0.2) is 78.9 Å². The summed E-state index contributed by atoms with van der Waals surface area (Å²) in [7, 11) is 0. The van der Waals surface area contributed by atoms with E-state index in [0.29, 0.717) is 5.92 Å². The van der Waals surface area contributed by atoms with Crippen molar-refractivity contribution in [3.8, 4) is 22.3 Å². The van der Waals surface area contributed by atoms with Crippen LogP contribution in [0.2, 0.25) is 0 Å². The molecule has 0 saturated heterocycles. The molecular weight excluding hydrogens is 452 g/mol. The molecule has 1 heteroatoms. The molecule has 184 valence electrons. The van der Waals surface area contributed by atoms with Gasteiger partial charge in [-0.25, -0.2) is 0 Å². The zero-order chi connectivity index (χ0) is 25.8. The lowest BCUT2D eigenvalue weighted by Crippen LogP contribution is -2.16. The van der Waals surface area contributed by atoms with Gasteiger partial charge in [0.05, 0.1) is 0 Å². The van der Waals surface area contributed by atoms with Crippen molar-refractivity contribution < 1.29 is 0 Å². The van der Waals surface area contributed by atoms with Crippen molar-refractivity contribution in [1.29, 1.82) is 0 Å². The lowest BCUT2D eigenvalue weighted by atomic mass is 9.77. The predicted octanol–water partition coefficient (Wildman–Crippen LogP) is 11.1. The Hall–Kier alpha value is -2.90. The fourth-order valence-corrected chi connectivity index (χ4v) is 6.45. The van der Waals surface area contributed by atoms with E-state index in [9.17, 15) is 0 Å². The molecule has 0 nitrogen and oxygen atoms in total. The largest absolute Gasteiger partial charge is 0.135 e. The average molecular weight is 491 g/mol. The van der Waals surface area contributed by atoms with Crippen molar-refractivity contribution in [3.63, 3.8) is 0 Å². The van der Waals surface area contributed by atoms with E-state index < -0.39 is 0 Å². The van der Waals surface area contributed by atoms with Gasteiger partial charge in [0.15, 0.2) is 0 Å². The van der Waals surface area contributed by atoms with E-state index in [0.717, 1.165) is 0 Å². The monoisotopic (exact) mass is 490 g/mol. The first-order valence-electron chi connectivity index (χ1n) is 13.1. The van der Waals surface area contributed by atoms with Crippen LogP contribution in [0.3, 0.4) is 0 Å². The van der Waals surface area contributed by atoms with Gasteiger partial charge in [-0.1, -0.05) is 122 Å². The number of hydrogen-bond donors (Lipinski definition) is 0. The Morgan fingerprint density at radius 2 is 1.14 bits per heavy atom. The third kappa shape index (κ3) is 4.39. The molecule has 5 aromatic rings. The first kappa shape index (κ1) is 24.8. The molecule has 0 amide bonds. The molecule has 4 aromatic carbocycles. The highest BCUT2D eigenvalue weighted by atomic mass is 32.1. The smallest absolute Gasteiger partial charge is 0.0361 e. The third-order valence-electron chi connectivity index (χ3n) is 7.35. The maximum Gasteiger partial charge on any atom is 0.0361 e. The molecule has 0 fully saturated rings. The van der Waals surface area contributed by atoms with E-state index in [2.05, 4.69) is 134 Å². The van der Waals surface area contributed by atoms with Gasteiger partial charge in [0.25, 0.3) is 0 Å². The molecule has 0 aliphatic rings. The van der Waals surface area contributed by atoms with E-state index in [1.165, 1.54) is 59.1 Å². The van der Waals surface area contributed by atoms with E-state index in [4.69, 9.17) is 0 Å². The maximum atomic E-state index is 2.43. The van der Waals surface area contributed by atoms with Crippen molar-refractivity contribution in [3.05, 3.63) is 95.6 Å². The van der Waals surface area contributed by atoms with Crippen molar-refractivity contribution in [1.82, 2.24) is 0 Å². The lowest BCUT2D eigenvalue weighted by molar-refractivity contribution is 0.569. The molecule has 0 bridgehead atoms. The van der Waals surface area contributed by atoms with Crippen molar-refractivity contribution in [2.24, 2.45) is 0 Å². The quantitative estimate of drug-likeness (QED) is 0.236. The highest BCUT2D eigenvalue weighted by molar-refractivity contribution is 7.25. The Bertz CT molecular complexity index is 1530. The van der Waals surface area contributed by atoms with Crippen LogP contribution in [0, 0.1) is 0 Å². The molecule has 0 unspecified atom stereocenters. The summed E-state index contributed by atoms with van der Waals surface area (Å²) in [5.74, 6) is 0.396. The summed E-state index contributed by atoms with van der Waals surface area (Å²) >= 11 is 1.89. The summed E-state index contributed by atoms with van der Waals surface area (Å²) in [6.07, 6.45) is 0. The highest BCUT2D eigenvalue weighted by Crippen LogP contribution is 2.45. The van der Waals surface area contributed by atoms with Crippen LogP contribution in [-0.4, -0.2) is 0 Å². The van der Waals surface area contributed by atoms with Gasteiger partial charge in [-0.15, -0.1) is 11.3 Å². The van der Waals surface area contributed by atoms with Crippen LogP contribution < -0.4 is 0 Å². The zero-order valence-corrected chi connectivity index (χ0v) is 23.8. The Kier molecular flexibility index (Phi) is 6.12. The van der Waals surface area contributed by atoms with E-state index in [1.807, 2.05) is 11.3 Å². The summed E-state index contributed by atoms with van der Waals surface area (Å²) in [6.45, 7) is 18.6. The van der Waals surface area contributed by atoms with Crippen molar-refractivity contribution >= 4 is 31.5 Å². The maximum absolute atomic E-state index is 2.43. The Labute approximate surface area is 221 Å². The highest BCUT2D eigenvalue weighted by Gasteiger charge is 2.23. The van der Waals surface area contributed by atoms with Gasteiger partial charge in [-0.05, 0) is 67.8 Å². The lowest BCUT2D eigenvalue weighted by Gasteiger charge is -2.27. The molecule has 5 rings (SSSR count). The minimum absolute atomic E-state index is 0.0901. The van der Waals surface area contributed by atoms with Gasteiger partial charge in [0.1, 0.15) is 0 Å². The minimum atomic E-state index is 0.0901. The van der Waals surface area contributed by atoms with Gasteiger partial charge in [0.2, 0.25) is 0 Å². The fourth-order valence-electron chi connectivity index (χ4n) is 5.32. The van der Waals surface area contributed by atoms with Crippen LogP contribution in [-0.2, 0) is 10.8 Å². The Balaban J connectivity index is 1.82. The standard InChI is InChI=1S/C35H38S/c1-22(2)32-26(23-19-24(34(3,4)5)21-25(20-23)35(6,7)8)14-11-15-27(32)28-16-12-18-31-33(28)29-13-9-10-17-30(29)36-31/h9-22H,1-8H3. The molecule has 0 atom stereocenters. The SMILES string of the molecule is CC(C)c1c(-c2cc(C(C)(C)C)cc(C(C)(C)C)c2)cccc1-c1cccc2sc3ccccc3c12. The van der Waals surface area contributed by atoms with Gasteiger partial charge in [-0.3, -0.25) is 0 Å². The van der Waals surface area contributed by atoms with Crippen LogP contribution >= 0.6 is 11.3 Å². The Morgan fingerprint density at radius 1 is 0.583 bits per heavy atom. The molecule has 1 heterocycles. The number of thiophene rings is 1. The predicted molar refractivity (Wildman–Crippen MR) is 162 cm³/mol. The summed E-state index contributed by atoms with van der Waals surface area (Å²) in [6, 6.07) is 29.8. The second kappa shape index (κ2) is 8.89. The van der Waals surface area contributed by atoms with Crippen LogP contribution in [0.4, 0.5) is 0 Å². The Morgan fingerprint density at radius 3 is 1.78 bits per heavy atom. The number of benzene rings is 4. The summed E-state index contributed by atoms with van der Waals surface area (Å²) in [4.78, 5) is 0. The average Bonchev–Trinajstić information content (AvgIpc) is 3.21.